The van der Waals surface area contributed by atoms with Crippen LogP contribution in [0.1, 0.15) is 22.8 Å². The number of para-hydroxylation sites is 2. The molecule has 0 saturated carbocycles. The van der Waals surface area contributed by atoms with Crippen molar-refractivity contribution in [3.05, 3.63) is 59.7 Å². The van der Waals surface area contributed by atoms with Gasteiger partial charge in [0.1, 0.15) is 12.3 Å². The lowest BCUT2D eigenvalue weighted by molar-refractivity contribution is -0.134. The molecule has 26 heavy (non-hydrogen) atoms. The Morgan fingerprint density at radius 3 is 2.50 bits per heavy atom. The Hall–Kier alpha value is -3.02. The minimum atomic E-state index is -0.981. The van der Waals surface area contributed by atoms with E-state index in [4.69, 9.17) is 9.84 Å². The molecule has 1 atom stereocenters. The molecular weight excluding hydrogens is 332 g/mol. The summed E-state index contributed by atoms with van der Waals surface area (Å²) in [6.07, 6.45) is 0.650. The smallest absolute Gasteiger partial charge is 0.322 e. The maximum atomic E-state index is 12.9. The summed E-state index contributed by atoms with van der Waals surface area (Å²) in [5.74, 6) is -0.352. The van der Waals surface area contributed by atoms with E-state index in [-0.39, 0.29) is 18.5 Å². The van der Waals surface area contributed by atoms with E-state index >= 15 is 0 Å². The largest absolute Gasteiger partial charge is 0.496 e. The summed E-state index contributed by atoms with van der Waals surface area (Å²) in [5, 5.41) is 11.6. The van der Waals surface area contributed by atoms with Crippen molar-refractivity contribution in [2.75, 3.05) is 26.0 Å². The van der Waals surface area contributed by atoms with Gasteiger partial charge in [0.2, 0.25) is 0 Å². The molecule has 0 saturated heterocycles. The van der Waals surface area contributed by atoms with E-state index in [1.807, 2.05) is 31.2 Å². The molecule has 2 aromatic rings. The molecule has 0 aliphatic rings. The van der Waals surface area contributed by atoms with Crippen LogP contribution < -0.4 is 10.1 Å². The highest BCUT2D eigenvalue weighted by Gasteiger charge is 2.21. The summed E-state index contributed by atoms with van der Waals surface area (Å²) < 4.78 is 5.38. The third-order valence-corrected chi connectivity index (χ3v) is 4.28. The summed E-state index contributed by atoms with van der Waals surface area (Å²) in [6, 6.07) is 14.6. The minimum absolute atomic E-state index is 0.0636. The van der Waals surface area contributed by atoms with E-state index in [0.717, 1.165) is 11.3 Å². The molecule has 0 aliphatic carbocycles. The summed E-state index contributed by atoms with van der Waals surface area (Å²) in [4.78, 5) is 25.4. The van der Waals surface area contributed by atoms with Gasteiger partial charge in [-0.2, -0.15) is 0 Å². The number of carboxylic acid groups (broad SMARTS) is 1. The molecule has 1 unspecified atom stereocenters. The first-order chi connectivity index (χ1) is 12.4. The number of carboxylic acids is 1. The number of nitrogens with one attached hydrogen (secondary N) is 1. The summed E-state index contributed by atoms with van der Waals surface area (Å²) in [5.41, 5.74) is 1.99. The van der Waals surface area contributed by atoms with Crippen molar-refractivity contribution in [1.29, 1.82) is 0 Å². The fraction of sp³-hybridized carbons (Fsp3) is 0.300. The van der Waals surface area contributed by atoms with Crippen LogP contribution in [0.2, 0.25) is 0 Å². The second-order valence-corrected chi connectivity index (χ2v) is 6.07. The summed E-state index contributed by atoms with van der Waals surface area (Å²) >= 11 is 0. The van der Waals surface area contributed by atoms with Crippen LogP contribution in [0, 0.1) is 0 Å². The quantitative estimate of drug-likeness (QED) is 0.760. The van der Waals surface area contributed by atoms with Gasteiger partial charge in [-0.1, -0.05) is 30.3 Å². The maximum Gasteiger partial charge on any atom is 0.322 e. The second kappa shape index (κ2) is 8.89. The van der Waals surface area contributed by atoms with Crippen LogP contribution in [-0.2, 0) is 11.2 Å². The van der Waals surface area contributed by atoms with Gasteiger partial charge in [-0.15, -0.1) is 0 Å². The molecule has 2 rings (SSSR count). The highest BCUT2D eigenvalue weighted by molar-refractivity contribution is 6.00. The van der Waals surface area contributed by atoms with Crippen LogP contribution in [0.4, 0.5) is 5.69 Å². The van der Waals surface area contributed by atoms with Crippen molar-refractivity contribution < 1.29 is 19.4 Å². The van der Waals surface area contributed by atoms with Gasteiger partial charge in [0.15, 0.2) is 0 Å². The number of ether oxygens (including phenoxy) is 1. The Kier molecular flexibility index (Phi) is 6.60. The normalized spacial score (nSPS) is 11.5. The molecular formula is C20H24N2O4. The zero-order chi connectivity index (χ0) is 19.1. The number of amides is 1. The molecule has 0 radical (unpaired) electrons. The lowest BCUT2D eigenvalue weighted by atomic mass is 10.0. The van der Waals surface area contributed by atoms with Gasteiger partial charge in [0, 0.05) is 18.8 Å². The molecule has 0 aliphatic heterocycles. The number of aliphatic carboxylic acids is 1. The average Bonchev–Trinajstić information content (AvgIpc) is 2.65. The number of benzene rings is 2. The van der Waals surface area contributed by atoms with E-state index in [1.165, 1.54) is 0 Å². The molecule has 138 valence electrons. The number of likely N-dealkylation sites (N-methyl/N-ethyl adjacent to an activating group) is 1. The van der Waals surface area contributed by atoms with E-state index in [1.54, 1.807) is 43.3 Å². The number of carbonyl (C=O) groups excluding carboxylic acids is 1. The second-order valence-electron chi connectivity index (χ2n) is 6.07. The lowest BCUT2D eigenvalue weighted by Gasteiger charge is -2.26. The lowest BCUT2D eigenvalue weighted by Crippen LogP contribution is -2.37. The molecule has 2 aromatic carbocycles. The van der Waals surface area contributed by atoms with E-state index < -0.39 is 5.97 Å². The molecule has 0 aromatic heterocycles. The van der Waals surface area contributed by atoms with Crippen molar-refractivity contribution in [3.8, 4) is 5.75 Å². The molecule has 2 N–H and O–H groups in total. The summed E-state index contributed by atoms with van der Waals surface area (Å²) in [6.45, 7) is 1.72. The molecule has 6 heteroatoms. The molecule has 6 nitrogen and oxygen atoms in total. The van der Waals surface area contributed by atoms with Crippen molar-refractivity contribution in [2.45, 2.75) is 19.4 Å². The Bertz CT molecular complexity index is 776. The maximum absolute atomic E-state index is 12.9. The van der Waals surface area contributed by atoms with Crippen molar-refractivity contribution >= 4 is 17.6 Å². The monoisotopic (exact) mass is 356 g/mol. The number of nitrogens with zero attached hydrogens (tertiary/aromatic N) is 1. The number of methoxy groups -OCH3 is 1. The first-order valence-corrected chi connectivity index (χ1v) is 8.37. The molecule has 1 amide bonds. The fourth-order valence-corrected chi connectivity index (χ4v) is 2.71. The van der Waals surface area contributed by atoms with Gasteiger partial charge in [-0.05, 0) is 37.1 Å². The zero-order valence-corrected chi connectivity index (χ0v) is 15.2. The highest BCUT2D eigenvalue weighted by atomic mass is 16.5. The van der Waals surface area contributed by atoms with Gasteiger partial charge >= 0.3 is 5.97 Å². The first kappa shape index (κ1) is 19.3. The number of anilines is 1. The summed E-state index contributed by atoms with van der Waals surface area (Å²) in [7, 11) is 3.37. The van der Waals surface area contributed by atoms with Crippen molar-refractivity contribution in [2.24, 2.45) is 0 Å². The Balaban J connectivity index is 2.15. The predicted molar refractivity (Wildman–Crippen MR) is 101 cm³/mol. The molecule has 0 spiro atoms. The molecule has 0 bridgehead atoms. The van der Waals surface area contributed by atoms with Gasteiger partial charge in [-0.3, -0.25) is 9.59 Å². The van der Waals surface area contributed by atoms with Crippen molar-refractivity contribution in [1.82, 2.24) is 4.90 Å². The van der Waals surface area contributed by atoms with Crippen LogP contribution in [0.15, 0.2) is 48.5 Å². The number of hydrogen-bond donors (Lipinski definition) is 2. The number of carbonyl (C=O) groups is 2. The van der Waals surface area contributed by atoms with Gasteiger partial charge in [-0.25, -0.2) is 0 Å². The topological polar surface area (TPSA) is 78.9 Å². The van der Waals surface area contributed by atoms with E-state index in [0.29, 0.717) is 17.7 Å². The Labute approximate surface area is 153 Å². The molecule has 0 heterocycles. The average molecular weight is 356 g/mol. The van der Waals surface area contributed by atoms with E-state index in [2.05, 4.69) is 5.32 Å². The number of hydrogen-bond acceptors (Lipinski definition) is 4. The fourth-order valence-electron chi connectivity index (χ4n) is 2.71. The van der Waals surface area contributed by atoms with Gasteiger partial charge in [0.05, 0.1) is 12.7 Å². The molecule has 0 fully saturated rings. The third-order valence-electron chi connectivity index (χ3n) is 4.28. The zero-order valence-electron chi connectivity index (χ0n) is 15.2. The van der Waals surface area contributed by atoms with Crippen LogP contribution in [0.5, 0.6) is 5.75 Å². The van der Waals surface area contributed by atoms with Crippen LogP contribution in [0.3, 0.4) is 0 Å². The van der Waals surface area contributed by atoms with Crippen LogP contribution in [-0.4, -0.2) is 48.6 Å². The van der Waals surface area contributed by atoms with Gasteiger partial charge in [0.25, 0.3) is 5.91 Å². The van der Waals surface area contributed by atoms with Crippen LogP contribution in [0.25, 0.3) is 0 Å². The van der Waals surface area contributed by atoms with Gasteiger partial charge < -0.3 is 20.1 Å². The van der Waals surface area contributed by atoms with E-state index in [9.17, 15) is 9.59 Å². The van der Waals surface area contributed by atoms with Crippen LogP contribution >= 0.6 is 0 Å². The Morgan fingerprint density at radius 1 is 1.15 bits per heavy atom. The van der Waals surface area contributed by atoms with Crippen molar-refractivity contribution in [3.63, 3.8) is 0 Å². The number of rotatable bonds is 8. The predicted octanol–water partition coefficient (Wildman–Crippen LogP) is 2.89. The first-order valence-electron chi connectivity index (χ1n) is 8.37. The SMILES string of the molecule is COc1ccccc1CC(C)N(C)C(=O)c1ccccc1NCC(=O)O. The minimum Gasteiger partial charge on any atom is -0.496 e. The standard InChI is InChI=1S/C20H24N2O4/c1-14(12-15-8-4-7-11-18(15)26-3)22(2)20(25)16-9-5-6-10-17(16)21-13-19(23)24/h4-11,14,21H,12-13H2,1-3H3,(H,23,24). The highest BCUT2D eigenvalue weighted by Crippen LogP contribution is 2.22. The Morgan fingerprint density at radius 2 is 1.81 bits per heavy atom. The third kappa shape index (κ3) is 4.75.